The monoisotopic (exact) mass is 433 g/mol. The Morgan fingerprint density at radius 1 is 0.613 bits per heavy atom. The molecule has 1 aromatic heterocycles. The zero-order chi connectivity index (χ0) is 22.6. The van der Waals surface area contributed by atoms with Gasteiger partial charge in [0.25, 0.3) is 5.82 Å². The summed E-state index contributed by atoms with van der Waals surface area (Å²) in [4.78, 5) is 3.65. The van der Waals surface area contributed by atoms with Crippen molar-refractivity contribution in [3.8, 4) is 0 Å². The highest BCUT2D eigenvalue weighted by molar-refractivity contribution is 4.90. The highest BCUT2D eigenvalue weighted by atomic mass is 15.1. The smallest absolute Gasteiger partial charge is 0.247 e. The number of nitrogens with zero attached hydrogens (tertiary/aromatic N) is 1. The summed E-state index contributed by atoms with van der Waals surface area (Å²) in [5, 5.41) is 0. The van der Waals surface area contributed by atoms with Crippen LogP contribution in [0.4, 0.5) is 0 Å². The SMILES string of the molecule is CCCCCCCCCCCCC(C)[n+]1cc[nH]c1C(CCCC)CCCCCCC. The molecular weight excluding hydrogens is 376 g/mol. The van der Waals surface area contributed by atoms with Gasteiger partial charge in [-0.05, 0) is 32.6 Å². The Bertz CT molecular complexity index is 493. The summed E-state index contributed by atoms with van der Waals surface area (Å²) in [7, 11) is 0. The molecule has 1 heterocycles. The quantitative estimate of drug-likeness (QED) is 0.139. The first-order valence-electron chi connectivity index (χ1n) is 14.3. The maximum absolute atomic E-state index is 3.65. The number of rotatable bonds is 22. The molecule has 0 saturated carbocycles. The molecule has 0 bridgehead atoms. The van der Waals surface area contributed by atoms with Gasteiger partial charge in [0.1, 0.15) is 12.4 Å². The Kier molecular flexibility index (Phi) is 18.1. The molecule has 2 heteroatoms. The lowest BCUT2D eigenvalue weighted by Crippen LogP contribution is -2.41. The second-order valence-corrected chi connectivity index (χ2v) is 10.1. The van der Waals surface area contributed by atoms with Gasteiger partial charge in [0, 0.05) is 0 Å². The molecule has 0 aromatic carbocycles. The average Bonchev–Trinajstić information content (AvgIpc) is 3.26. The fourth-order valence-electron chi connectivity index (χ4n) is 5.00. The van der Waals surface area contributed by atoms with Crippen LogP contribution < -0.4 is 4.57 Å². The maximum Gasteiger partial charge on any atom is 0.257 e. The molecule has 2 atom stereocenters. The van der Waals surface area contributed by atoms with Gasteiger partial charge in [0.05, 0.1) is 12.0 Å². The highest BCUT2D eigenvalue weighted by Gasteiger charge is 2.25. The molecule has 0 fully saturated rings. The van der Waals surface area contributed by atoms with E-state index in [2.05, 4.69) is 49.6 Å². The van der Waals surface area contributed by atoms with E-state index in [0.29, 0.717) is 12.0 Å². The Morgan fingerprint density at radius 2 is 1.06 bits per heavy atom. The van der Waals surface area contributed by atoms with Gasteiger partial charge in [-0.3, -0.25) is 0 Å². The van der Waals surface area contributed by atoms with Crippen molar-refractivity contribution >= 4 is 0 Å². The number of aromatic amines is 1. The Morgan fingerprint density at radius 3 is 1.61 bits per heavy atom. The van der Waals surface area contributed by atoms with E-state index in [4.69, 9.17) is 0 Å². The fourth-order valence-corrected chi connectivity index (χ4v) is 5.00. The highest BCUT2D eigenvalue weighted by Crippen LogP contribution is 2.26. The minimum atomic E-state index is 0.625. The van der Waals surface area contributed by atoms with E-state index in [0.717, 1.165) is 0 Å². The lowest BCUT2D eigenvalue weighted by atomic mass is 9.93. The van der Waals surface area contributed by atoms with Crippen molar-refractivity contribution in [2.45, 2.75) is 168 Å². The Hall–Kier alpha value is -0.790. The number of hydrogen-bond acceptors (Lipinski definition) is 0. The Labute approximate surface area is 196 Å². The van der Waals surface area contributed by atoms with Crippen LogP contribution in [0.15, 0.2) is 12.4 Å². The van der Waals surface area contributed by atoms with Gasteiger partial charge in [0.15, 0.2) is 0 Å². The van der Waals surface area contributed by atoms with E-state index in [1.807, 2.05) is 0 Å². The van der Waals surface area contributed by atoms with Crippen molar-refractivity contribution < 1.29 is 4.57 Å². The number of imidazole rings is 1. The standard InChI is InChI=1S/C29H56N2/c1-5-8-11-13-14-15-16-17-19-20-22-27(4)31-26-25-30-29(31)28(23-10-7-3)24-21-18-12-9-6-2/h25-28H,5-24H2,1-4H3/p+1. The van der Waals surface area contributed by atoms with Crippen molar-refractivity contribution in [1.82, 2.24) is 4.98 Å². The normalized spacial score (nSPS) is 13.5. The van der Waals surface area contributed by atoms with Gasteiger partial charge in [0.2, 0.25) is 0 Å². The number of nitrogens with one attached hydrogen (secondary N) is 1. The average molecular weight is 434 g/mol. The molecule has 1 aromatic rings. The van der Waals surface area contributed by atoms with Crippen LogP contribution in [0.3, 0.4) is 0 Å². The van der Waals surface area contributed by atoms with Gasteiger partial charge in [-0.2, -0.15) is 0 Å². The van der Waals surface area contributed by atoms with E-state index in [1.54, 1.807) is 0 Å². The molecule has 2 nitrogen and oxygen atoms in total. The van der Waals surface area contributed by atoms with E-state index in [9.17, 15) is 0 Å². The zero-order valence-electron chi connectivity index (χ0n) is 21.9. The topological polar surface area (TPSA) is 19.7 Å². The summed E-state index contributed by atoms with van der Waals surface area (Å²) in [6, 6.07) is 0.625. The molecule has 1 rings (SSSR count). The van der Waals surface area contributed by atoms with Gasteiger partial charge < -0.3 is 0 Å². The first-order chi connectivity index (χ1) is 15.2. The van der Waals surface area contributed by atoms with Crippen molar-refractivity contribution in [3.63, 3.8) is 0 Å². The lowest BCUT2D eigenvalue weighted by Gasteiger charge is -2.17. The number of unbranched alkanes of at least 4 members (excludes halogenated alkanes) is 14. The molecule has 0 spiro atoms. The summed E-state index contributed by atoms with van der Waals surface area (Å²) in [5.74, 6) is 2.22. The number of H-pyrrole nitrogens is 1. The molecule has 2 unspecified atom stereocenters. The van der Waals surface area contributed by atoms with Crippen molar-refractivity contribution in [2.24, 2.45) is 0 Å². The summed E-state index contributed by atoms with van der Waals surface area (Å²) in [5.41, 5.74) is 0. The molecule has 0 radical (unpaired) electrons. The fraction of sp³-hybridized carbons (Fsp3) is 0.897. The van der Waals surface area contributed by atoms with E-state index in [-0.39, 0.29) is 0 Å². The maximum atomic E-state index is 3.65. The van der Waals surface area contributed by atoms with Crippen LogP contribution in [0.5, 0.6) is 0 Å². The van der Waals surface area contributed by atoms with E-state index < -0.39 is 0 Å². The lowest BCUT2D eigenvalue weighted by molar-refractivity contribution is -0.727. The molecule has 182 valence electrons. The third-order valence-corrected chi connectivity index (χ3v) is 7.14. The predicted molar refractivity (Wildman–Crippen MR) is 138 cm³/mol. The molecule has 1 N–H and O–H groups in total. The van der Waals surface area contributed by atoms with Crippen molar-refractivity contribution in [3.05, 3.63) is 18.2 Å². The molecule has 0 saturated heterocycles. The molecule has 0 aliphatic rings. The summed E-state index contributed by atoms with van der Waals surface area (Å²) in [6.45, 7) is 9.37. The minimum absolute atomic E-state index is 0.625. The second-order valence-electron chi connectivity index (χ2n) is 10.1. The van der Waals surface area contributed by atoms with Crippen molar-refractivity contribution in [1.29, 1.82) is 0 Å². The zero-order valence-corrected chi connectivity index (χ0v) is 21.9. The van der Waals surface area contributed by atoms with Crippen LogP contribution in [-0.2, 0) is 0 Å². The van der Waals surface area contributed by atoms with E-state index in [1.165, 1.54) is 134 Å². The summed E-state index contributed by atoms with van der Waals surface area (Å²) >= 11 is 0. The van der Waals surface area contributed by atoms with Gasteiger partial charge in [-0.15, -0.1) is 0 Å². The minimum Gasteiger partial charge on any atom is -0.247 e. The van der Waals surface area contributed by atoms with Crippen LogP contribution >= 0.6 is 0 Å². The summed E-state index contributed by atoms with van der Waals surface area (Å²) in [6.07, 6.45) is 32.4. The first-order valence-corrected chi connectivity index (χ1v) is 14.3. The summed E-state index contributed by atoms with van der Waals surface area (Å²) < 4.78 is 2.58. The molecule has 0 aliphatic carbocycles. The Balaban J connectivity index is 2.35. The van der Waals surface area contributed by atoms with Crippen molar-refractivity contribution in [2.75, 3.05) is 0 Å². The van der Waals surface area contributed by atoms with Gasteiger partial charge in [-0.1, -0.05) is 124 Å². The van der Waals surface area contributed by atoms with Crippen LogP contribution in [-0.4, -0.2) is 4.98 Å². The number of hydrogen-bond donors (Lipinski definition) is 1. The third kappa shape index (κ3) is 13.4. The van der Waals surface area contributed by atoms with Gasteiger partial charge in [-0.25, -0.2) is 9.55 Å². The molecule has 0 aliphatic heterocycles. The predicted octanol–water partition coefficient (Wildman–Crippen LogP) is 9.81. The third-order valence-electron chi connectivity index (χ3n) is 7.14. The largest absolute Gasteiger partial charge is 0.257 e. The second kappa shape index (κ2) is 19.9. The first kappa shape index (κ1) is 28.2. The van der Waals surface area contributed by atoms with Crippen LogP contribution in [0.1, 0.15) is 174 Å². The van der Waals surface area contributed by atoms with Gasteiger partial charge >= 0.3 is 0 Å². The molecule has 31 heavy (non-hydrogen) atoms. The molecular formula is C29H57N2+. The molecule has 0 amide bonds. The van der Waals surface area contributed by atoms with Crippen LogP contribution in [0.2, 0.25) is 0 Å². The van der Waals surface area contributed by atoms with Crippen LogP contribution in [0, 0.1) is 0 Å². The number of aromatic nitrogens is 2. The van der Waals surface area contributed by atoms with E-state index >= 15 is 0 Å². The van der Waals surface area contributed by atoms with Crippen LogP contribution in [0.25, 0.3) is 0 Å².